The first-order valence-corrected chi connectivity index (χ1v) is 12.3. The first kappa shape index (κ1) is 26.0. The zero-order valence-electron chi connectivity index (χ0n) is 20.8. The van der Waals surface area contributed by atoms with E-state index in [1.807, 2.05) is 46.4 Å². The standard InChI is InChI=1S/C25H46N2O4/c1-24(2,3)30-22(28)13-10-14-26-16-21-18-27(23(29)31-25(4,5)6)17-20(21)15-19-11-8-7-9-12-19/h19-21,26H,7-18H2,1-6H3/t20-,21-/m1/s1. The molecule has 1 aliphatic heterocycles. The Bertz CT molecular complexity index is 573. The molecule has 6 heteroatoms. The summed E-state index contributed by atoms with van der Waals surface area (Å²) in [4.78, 5) is 26.4. The summed E-state index contributed by atoms with van der Waals surface area (Å²) in [6.45, 7) is 14.7. The number of carbonyl (C=O) groups is 2. The molecule has 0 aromatic heterocycles. The van der Waals surface area contributed by atoms with E-state index >= 15 is 0 Å². The summed E-state index contributed by atoms with van der Waals surface area (Å²) in [6.07, 6.45) is 8.96. The third kappa shape index (κ3) is 10.2. The lowest BCUT2D eigenvalue weighted by atomic mass is 9.79. The van der Waals surface area contributed by atoms with Crippen molar-refractivity contribution in [1.29, 1.82) is 0 Å². The number of nitrogens with one attached hydrogen (secondary N) is 1. The predicted molar refractivity (Wildman–Crippen MR) is 124 cm³/mol. The Morgan fingerprint density at radius 3 is 2.13 bits per heavy atom. The van der Waals surface area contributed by atoms with E-state index in [1.54, 1.807) is 0 Å². The molecule has 1 saturated carbocycles. The van der Waals surface area contributed by atoms with Gasteiger partial charge in [-0.1, -0.05) is 32.1 Å². The predicted octanol–water partition coefficient (Wildman–Crippen LogP) is 5.15. The number of amides is 1. The van der Waals surface area contributed by atoms with E-state index in [0.29, 0.717) is 18.3 Å². The van der Waals surface area contributed by atoms with Gasteiger partial charge in [0.1, 0.15) is 11.2 Å². The van der Waals surface area contributed by atoms with Crippen molar-refractivity contribution in [2.45, 2.75) is 104 Å². The number of hydrogen-bond acceptors (Lipinski definition) is 5. The monoisotopic (exact) mass is 438 g/mol. The second-order valence-electron chi connectivity index (χ2n) is 11.5. The molecular weight excluding hydrogens is 392 g/mol. The molecule has 0 spiro atoms. The fourth-order valence-electron chi connectivity index (χ4n) is 4.80. The van der Waals surface area contributed by atoms with Gasteiger partial charge < -0.3 is 19.7 Å². The molecule has 2 aliphatic rings. The summed E-state index contributed by atoms with van der Waals surface area (Å²) < 4.78 is 11.0. The Hall–Kier alpha value is -1.30. The number of likely N-dealkylation sites (tertiary alicyclic amines) is 1. The second kappa shape index (κ2) is 11.5. The van der Waals surface area contributed by atoms with Crippen molar-refractivity contribution >= 4 is 12.1 Å². The lowest BCUT2D eigenvalue weighted by Gasteiger charge is -2.27. The average molecular weight is 439 g/mol. The van der Waals surface area contributed by atoms with Gasteiger partial charge in [0.05, 0.1) is 0 Å². The fraction of sp³-hybridized carbons (Fsp3) is 0.920. The van der Waals surface area contributed by atoms with Gasteiger partial charge in [-0.2, -0.15) is 0 Å². The van der Waals surface area contributed by atoms with Gasteiger partial charge in [-0.05, 0) is 85.2 Å². The minimum atomic E-state index is -0.464. The molecular formula is C25H46N2O4. The maximum atomic E-state index is 12.6. The maximum Gasteiger partial charge on any atom is 0.410 e. The molecule has 0 aromatic rings. The fourth-order valence-corrected chi connectivity index (χ4v) is 4.80. The molecule has 2 atom stereocenters. The van der Waals surface area contributed by atoms with E-state index in [4.69, 9.17) is 9.47 Å². The molecule has 31 heavy (non-hydrogen) atoms. The Balaban J connectivity index is 1.82. The van der Waals surface area contributed by atoms with E-state index in [9.17, 15) is 9.59 Å². The van der Waals surface area contributed by atoms with Crippen LogP contribution < -0.4 is 5.32 Å². The molecule has 2 fully saturated rings. The maximum absolute atomic E-state index is 12.6. The van der Waals surface area contributed by atoms with Gasteiger partial charge in [0.25, 0.3) is 0 Å². The molecule has 1 saturated heterocycles. The minimum absolute atomic E-state index is 0.138. The molecule has 1 amide bonds. The number of ether oxygens (including phenoxy) is 2. The highest BCUT2D eigenvalue weighted by atomic mass is 16.6. The number of esters is 1. The Labute approximate surface area is 189 Å². The minimum Gasteiger partial charge on any atom is -0.460 e. The summed E-state index contributed by atoms with van der Waals surface area (Å²) in [7, 11) is 0. The van der Waals surface area contributed by atoms with Crippen LogP contribution in [0.3, 0.4) is 0 Å². The Morgan fingerprint density at radius 1 is 0.903 bits per heavy atom. The molecule has 6 nitrogen and oxygen atoms in total. The van der Waals surface area contributed by atoms with Crippen molar-refractivity contribution in [3.63, 3.8) is 0 Å². The van der Waals surface area contributed by atoms with Gasteiger partial charge in [0.15, 0.2) is 0 Å². The van der Waals surface area contributed by atoms with Crippen LogP contribution in [0.15, 0.2) is 0 Å². The molecule has 2 rings (SSSR count). The lowest BCUT2D eigenvalue weighted by molar-refractivity contribution is -0.154. The van der Waals surface area contributed by atoms with Crippen molar-refractivity contribution in [2.24, 2.45) is 17.8 Å². The van der Waals surface area contributed by atoms with Gasteiger partial charge in [-0.3, -0.25) is 4.79 Å². The Kier molecular flexibility index (Phi) is 9.66. The highest BCUT2D eigenvalue weighted by molar-refractivity contribution is 5.69. The van der Waals surface area contributed by atoms with E-state index < -0.39 is 11.2 Å². The lowest BCUT2D eigenvalue weighted by Crippen LogP contribution is -2.36. The van der Waals surface area contributed by atoms with Gasteiger partial charge in [-0.15, -0.1) is 0 Å². The van der Waals surface area contributed by atoms with Crippen LogP contribution in [0.2, 0.25) is 0 Å². The smallest absolute Gasteiger partial charge is 0.410 e. The summed E-state index contributed by atoms with van der Waals surface area (Å²) in [5, 5.41) is 3.53. The van der Waals surface area contributed by atoms with Gasteiger partial charge in [0, 0.05) is 19.5 Å². The van der Waals surface area contributed by atoms with E-state index in [-0.39, 0.29) is 12.1 Å². The average Bonchev–Trinajstić information content (AvgIpc) is 3.02. The van der Waals surface area contributed by atoms with Crippen molar-refractivity contribution in [2.75, 3.05) is 26.2 Å². The van der Waals surface area contributed by atoms with Crippen molar-refractivity contribution in [3.05, 3.63) is 0 Å². The topological polar surface area (TPSA) is 67.9 Å². The van der Waals surface area contributed by atoms with Gasteiger partial charge in [0.2, 0.25) is 0 Å². The summed E-state index contributed by atoms with van der Waals surface area (Å²) in [5.74, 6) is 1.62. The third-order valence-corrected chi connectivity index (χ3v) is 6.15. The van der Waals surface area contributed by atoms with E-state index in [1.165, 1.54) is 38.5 Å². The normalized spacial score (nSPS) is 23.1. The van der Waals surface area contributed by atoms with Crippen LogP contribution in [-0.4, -0.2) is 54.3 Å². The number of carbonyl (C=O) groups excluding carboxylic acids is 2. The summed E-state index contributed by atoms with van der Waals surface area (Å²) >= 11 is 0. The van der Waals surface area contributed by atoms with Crippen LogP contribution in [-0.2, 0) is 14.3 Å². The first-order chi connectivity index (χ1) is 14.4. The van der Waals surface area contributed by atoms with Crippen molar-refractivity contribution in [3.8, 4) is 0 Å². The molecule has 180 valence electrons. The highest BCUT2D eigenvalue weighted by Gasteiger charge is 2.38. The van der Waals surface area contributed by atoms with Gasteiger partial charge in [-0.25, -0.2) is 4.79 Å². The van der Waals surface area contributed by atoms with Crippen LogP contribution in [0.4, 0.5) is 4.79 Å². The quantitative estimate of drug-likeness (QED) is 0.419. The summed E-state index contributed by atoms with van der Waals surface area (Å²) in [6, 6.07) is 0. The highest BCUT2D eigenvalue weighted by Crippen LogP contribution is 2.35. The molecule has 0 aromatic carbocycles. The Morgan fingerprint density at radius 2 is 1.52 bits per heavy atom. The third-order valence-electron chi connectivity index (χ3n) is 6.15. The first-order valence-electron chi connectivity index (χ1n) is 12.3. The van der Waals surface area contributed by atoms with Crippen LogP contribution in [0, 0.1) is 17.8 Å². The SMILES string of the molecule is CC(C)(C)OC(=O)CCCNC[C@@H]1CN(C(=O)OC(C)(C)C)C[C@H]1CC1CCCCC1. The van der Waals surface area contributed by atoms with E-state index in [2.05, 4.69) is 5.32 Å². The zero-order chi connectivity index (χ0) is 23.1. The molecule has 0 bridgehead atoms. The van der Waals surface area contributed by atoms with Crippen molar-refractivity contribution < 1.29 is 19.1 Å². The molecule has 1 heterocycles. The summed E-state index contributed by atoms with van der Waals surface area (Å²) in [5.41, 5.74) is -0.889. The number of hydrogen-bond donors (Lipinski definition) is 1. The molecule has 0 unspecified atom stereocenters. The zero-order valence-corrected chi connectivity index (χ0v) is 20.8. The van der Waals surface area contributed by atoms with Crippen LogP contribution in [0.25, 0.3) is 0 Å². The molecule has 1 aliphatic carbocycles. The van der Waals surface area contributed by atoms with Gasteiger partial charge >= 0.3 is 12.1 Å². The second-order valence-corrected chi connectivity index (χ2v) is 11.5. The number of rotatable bonds is 8. The van der Waals surface area contributed by atoms with Crippen LogP contribution in [0.1, 0.15) is 92.9 Å². The van der Waals surface area contributed by atoms with Crippen LogP contribution in [0.5, 0.6) is 0 Å². The van der Waals surface area contributed by atoms with Crippen LogP contribution >= 0.6 is 0 Å². The largest absolute Gasteiger partial charge is 0.460 e. The molecule has 0 radical (unpaired) electrons. The van der Waals surface area contributed by atoms with Crippen molar-refractivity contribution in [1.82, 2.24) is 10.2 Å². The number of nitrogens with zero attached hydrogens (tertiary/aromatic N) is 1. The van der Waals surface area contributed by atoms with E-state index in [0.717, 1.165) is 38.5 Å². The molecule has 1 N–H and O–H groups in total.